The molecule has 1 aromatic rings. The van der Waals surface area contributed by atoms with Crippen molar-refractivity contribution in [3.63, 3.8) is 0 Å². The van der Waals surface area contributed by atoms with Gasteiger partial charge in [0, 0.05) is 25.2 Å². The summed E-state index contributed by atoms with van der Waals surface area (Å²) in [6, 6.07) is 5.85. The number of nitrogens with zero attached hydrogens (tertiary/aromatic N) is 1. The van der Waals surface area contributed by atoms with Crippen LogP contribution in [0.5, 0.6) is 5.75 Å². The van der Waals surface area contributed by atoms with E-state index < -0.39 is 0 Å². The van der Waals surface area contributed by atoms with E-state index in [4.69, 9.17) is 0 Å². The molecule has 0 bridgehead atoms. The van der Waals surface area contributed by atoms with Crippen molar-refractivity contribution in [3.8, 4) is 5.75 Å². The van der Waals surface area contributed by atoms with Gasteiger partial charge in [0.25, 0.3) is 0 Å². The normalized spacial score (nSPS) is 11.0. The predicted molar refractivity (Wildman–Crippen MR) is 67.7 cm³/mol. The quantitative estimate of drug-likeness (QED) is 0.720. The maximum absolute atomic E-state index is 9.80. The van der Waals surface area contributed by atoms with Crippen molar-refractivity contribution >= 4 is 0 Å². The van der Waals surface area contributed by atoms with Crippen molar-refractivity contribution in [1.82, 2.24) is 10.2 Å². The Hall–Kier alpha value is -1.06. The Morgan fingerprint density at radius 1 is 1.38 bits per heavy atom. The summed E-state index contributed by atoms with van der Waals surface area (Å²) >= 11 is 0. The number of likely N-dealkylation sites (N-methyl/N-ethyl adjacent to an activating group) is 1. The summed E-state index contributed by atoms with van der Waals surface area (Å²) in [6.45, 7) is 7.83. The molecule has 0 radical (unpaired) electrons. The van der Waals surface area contributed by atoms with Crippen molar-refractivity contribution < 1.29 is 5.11 Å². The summed E-state index contributed by atoms with van der Waals surface area (Å²) in [6.07, 6.45) is 0. The largest absolute Gasteiger partial charge is 0.507 e. The maximum Gasteiger partial charge on any atom is 0.122 e. The molecule has 1 aromatic carbocycles. The van der Waals surface area contributed by atoms with Crippen molar-refractivity contribution in [2.75, 3.05) is 26.7 Å². The third-order valence-corrected chi connectivity index (χ3v) is 2.85. The van der Waals surface area contributed by atoms with Crippen LogP contribution >= 0.6 is 0 Å². The molecule has 0 spiro atoms. The van der Waals surface area contributed by atoms with E-state index in [1.165, 1.54) is 0 Å². The molecule has 0 saturated heterocycles. The first-order chi connectivity index (χ1) is 7.65. The van der Waals surface area contributed by atoms with E-state index >= 15 is 0 Å². The fraction of sp³-hybridized carbons (Fsp3) is 0.538. The molecule has 0 fully saturated rings. The lowest BCUT2D eigenvalue weighted by atomic mass is 10.1. The molecule has 0 aliphatic rings. The van der Waals surface area contributed by atoms with Crippen molar-refractivity contribution in [2.24, 2.45) is 0 Å². The molecule has 1 rings (SSSR count). The maximum atomic E-state index is 9.80. The molecule has 3 heteroatoms. The van der Waals surface area contributed by atoms with Gasteiger partial charge in [-0.2, -0.15) is 0 Å². The third-order valence-electron chi connectivity index (χ3n) is 2.85. The lowest BCUT2D eigenvalue weighted by molar-refractivity contribution is 0.348. The van der Waals surface area contributed by atoms with E-state index in [-0.39, 0.29) is 0 Å². The van der Waals surface area contributed by atoms with Gasteiger partial charge in [0.1, 0.15) is 5.75 Å². The summed E-state index contributed by atoms with van der Waals surface area (Å²) in [5.74, 6) is 0.416. The lowest BCUT2D eigenvalue weighted by Crippen LogP contribution is -2.28. The smallest absolute Gasteiger partial charge is 0.122 e. The van der Waals surface area contributed by atoms with Crippen LogP contribution in [0.1, 0.15) is 18.1 Å². The number of aromatic hydroxyl groups is 1. The molecule has 0 unspecified atom stereocenters. The van der Waals surface area contributed by atoms with Crippen LogP contribution in [-0.2, 0) is 6.54 Å². The number of hydrogen-bond donors (Lipinski definition) is 2. The molecule has 2 N–H and O–H groups in total. The molecule has 16 heavy (non-hydrogen) atoms. The van der Waals surface area contributed by atoms with Crippen molar-refractivity contribution in [2.45, 2.75) is 20.4 Å². The van der Waals surface area contributed by atoms with Gasteiger partial charge in [0.2, 0.25) is 0 Å². The van der Waals surface area contributed by atoms with Gasteiger partial charge in [-0.1, -0.05) is 25.1 Å². The van der Waals surface area contributed by atoms with Crippen LogP contribution in [0.15, 0.2) is 18.2 Å². The first-order valence-corrected chi connectivity index (χ1v) is 5.82. The van der Waals surface area contributed by atoms with Crippen molar-refractivity contribution in [1.29, 1.82) is 0 Å². The van der Waals surface area contributed by atoms with E-state index in [2.05, 4.69) is 24.2 Å². The number of benzene rings is 1. The summed E-state index contributed by atoms with van der Waals surface area (Å²) in [5, 5.41) is 13.1. The molecular weight excluding hydrogens is 200 g/mol. The van der Waals surface area contributed by atoms with Crippen LogP contribution in [0, 0.1) is 6.92 Å². The van der Waals surface area contributed by atoms with E-state index in [0.717, 1.165) is 37.3 Å². The number of rotatable bonds is 6. The molecular formula is C13H22N2O. The zero-order chi connectivity index (χ0) is 12.0. The van der Waals surface area contributed by atoms with Gasteiger partial charge in [-0.3, -0.25) is 0 Å². The Balaban J connectivity index is 2.35. The predicted octanol–water partition coefficient (Wildman–Crippen LogP) is 1.74. The minimum absolute atomic E-state index is 0.416. The van der Waals surface area contributed by atoms with Gasteiger partial charge >= 0.3 is 0 Å². The average molecular weight is 222 g/mol. The van der Waals surface area contributed by atoms with Crippen LogP contribution in [0.25, 0.3) is 0 Å². The highest BCUT2D eigenvalue weighted by atomic mass is 16.3. The number of phenols is 1. The first-order valence-electron chi connectivity index (χ1n) is 5.82. The first kappa shape index (κ1) is 13.0. The fourth-order valence-electron chi connectivity index (χ4n) is 1.51. The second-order valence-electron chi connectivity index (χ2n) is 4.16. The second kappa shape index (κ2) is 6.51. The van der Waals surface area contributed by atoms with Gasteiger partial charge < -0.3 is 15.3 Å². The minimum atomic E-state index is 0.416. The summed E-state index contributed by atoms with van der Waals surface area (Å²) in [7, 11) is 2.10. The molecule has 0 aromatic heterocycles. The number of hydrogen-bond acceptors (Lipinski definition) is 3. The Bertz CT molecular complexity index is 326. The summed E-state index contributed by atoms with van der Waals surface area (Å²) in [5.41, 5.74) is 1.91. The number of phenolic OH excluding ortho intramolecular Hbond substituents is 1. The monoisotopic (exact) mass is 222 g/mol. The second-order valence-corrected chi connectivity index (χ2v) is 4.16. The molecule has 0 aliphatic carbocycles. The zero-order valence-corrected chi connectivity index (χ0v) is 10.5. The van der Waals surface area contributed by atoms with Gasteiger partial charge in [-0.25, -0.2) is 0 Å². The highest BCUT2D eigenvalue weighted by molar-refractivity contribution is 5.39. The number of nitrogens with one attached hydrogen (secondary N) is 1. The molecule has 0 atom stereocenters. The Kier molecular flexibility index (Phi) is 5.29. The summed E-state index contributed by atoms with van der Waals surface area (Å²) < 4.78 is 0. The van der Waals surface area contributed by atoms with Crippen molar-refractivity contribution in [3.05, 3.63) is 29.3 Å². The van der Waals surface area contributed by atoms with Crippen LogP contribution in [-0.4, -0.2) is 36.7 Å². The average Bonchev–Trinajstić information content (AvgIpc) is 2.29. The Morgan fingerprint density at radius 2 is 2.12 bits per heavy atom. The SMILES string of the molecule is CCN(C)CCNCc1cccc(C)c1O. The molecule has 0 amide bonds. The molecule has 0 aliphatic heterocycles. The fourth-order valence-corrected chi connectivity index (χ4v) is 1.51. The van der Waals surface area contributed by atoms with E-state index in [1.54, 1.807) is 0 Å². The van der Waals surface area contributed by atoms with Gasteiger partial charge in [-0.15, -0.1) is 0 Å². The van der Waals surface area contributed by atoms with Gasteiger partial charge in [0.15, 0.2) is 0 Å². The van der Waals surface area contributed by atoms with E-state index in [9.17, 15) is 5.11 Å². The standard InChI is InChI=1S/C13H22N2O/c1-4-15(3)9-8-14-10-12-7-5-6-11(2)13(12)16/h5-7,14,16H,4,8-10H2,1-3H3. The van der Waals surface area contributed by atoms with Crippen LogP contribution in [0.4, 0.5) is 0 Å². The Labute approximate surface area is 98.1 Å². The highest BCUT2D eigenvalue weighted by Crippen LogP contribution is 2.20. The summed E-state index contributed by atoms with van der Waals surface area (Å²) in [4.78, 5) is 2.25. The number of aryl methyl sites for hydroxylation is 1. The third kappa shape index (κ3) is 3.83. The molecule has 3 nitrogen and oxygen atoms in total. The molecule has 0 saturated carbocycles. The number of para-hydroxylation sites is 1. The minimum Gasteiger partial charge on any atom is -0.507 e. The van der Waals surface area contributed by atoms with E-state index in [0.29, 0.717) is 5.75 Å². The zero-order valence-electron chi connectivity index (χ0n) is 10.5. The molecule has 90 valence electrons. The Morgan fingerprint density at radius 3 is 2.81 bits per heavy atom. The van der Waals surface area contributed by atoms with Gasteiger partial charge in [0.05, 0.1) is 0 Å². The van der Waals surface area contributed by atoms with Crippen LogP contribution < -0.4 is 5.32 Å². The van der Waals surface area contributed by atoms with Crippen LogP contribution in [0.2, 0.25) is 0 Å². The highest BCUT2D eigenvalue weighted by Gasteiger charge is 2.02. The van der Waals surface area contributed by atoms with Gasteiger partial charge in [-0.05, 0) is 26.1 Å². The van der Waals surface area contributed by atoms with E-state index in [1.807, 2.05) is 25.1 Å². The topological polar surface area (TPSA) is 35.5 Å². The molecule has 0 heterocycles. The van der Waals surface area contributed by atoms with Crippen LogP contribution in [0.3, 0.4) is 0 Å². The lowest BCUT2D eigenvalue weighted by Gasteiger charge is -2.14.